The smallest absolute Gasteiger partial charge is 0.191 e. The van der Waals surface area contributed by atoms with Crippen LogP contribution in [0.1, 0.15) is 61.5 Å². The Balaban J connectivity index is 1.67. The summed E-state index contributed by atoms with van der Waals surface area (Å²) in [7, 11) is 0. The van der Waals surface area contributed by atoms with Gasteiger partial charge in [-0.05, 0) is 37.0 Å². The summed E-state index contributed by atoms with van der Waals surface area (Å²) in [5.41, 5.74) is -1.85. The molecule has 12 heteroatoms. The summed E-state index contributed by atoms with van der Waals surface area (Å²) in [5.74, 6) is -1.18. The number of aliphatic hydroxyl groups is 3. The van der Waals surface area contributed by atoms with Gasteiger partial charge in [0.25, 0.3) is 0 Å². The van der Waals surface area contributed by atoms with Crippen molar-refractivity contribution in [2.24, 2.45) is 0 Å². The lowest BCUT2D eigenvalue weighted by atomic mass is 10.1. The Morgan fingerprint density at radius 3 is 2.94 bits per heavy atom. The molecular formula is C24H31FN6O4S. The van der Waals surface area contributed by atoms with E-state index in [1.54, 1.807) is 26.0 Å². The molecule has 2 aromatic heterocycles. The number of hydrogen-bond donors (Lipinski definition) is 4. The molecule has 0 unspecified atom stereocenters. The molecule has 0 saturated heterocycles. The molecule has 6 atom stereocenters. The number of nitrogens with one attached hydrogen (secondary N) is 1. The second-order valence-corrected chi connectivity index (χ2v) is 8.97. The van der Waals surface area contributed by atoms with Gasteiger partial charge >= 0.3 is 0 Å². The zero-order chi connectivity index (χ0) is 33.6. The van der Waals surface area contributed by atoms with Gasteiger partial charge in [0, 0.05) is 29.5 Å². The molecule has 0 aliphatic heterocycles. The quantitative estimate of drug-likeness (QED) is 0.229. The summed E-state index contributed by atoms with van der Waals surface area (Å²) in [6, 6.07) is -0.463. The standard InChI is InChI=1S/C24H31FN6O4S/c1-3-8-36-24-27-22(26-16-10-14(16)13-5-4-12(2)15(25)9-13)19-23(28-24)31(30-29-19)17-11-18(35-7-6-32)21(34)20(17)33/h4-5,9,14,16-18,20-21,32-34H,3,6-8,10-11H2,1-2H3,(H,26,27,28)/t14-,16+,17+,18-,20-,21+/m0/s1/i8D2,11D2,16D,17D,18D,20D,21D. The molecule has 5 rings (SSSR count). The molecule has 2 aliphatic rings. The first kappa shape index (κ1) is 16.5. The maximum absolute atomic E-state index is 14.3. The average molecular weight is 528 g/mol. The van der Waals surface area contributed by atoms with E-state index in [-0.39, 0.29) is 29.3 Å². The van der Waals surface area contributed by atoms with Gasteiger partial charge < -0.3 is 25.4 Å². The second-order valence-electron chi connectivity index (χ2n) is 8.12. The normalized spacial score (nSPS) is 43.3. The van der Waals surface area contributed by atoms with E-state index in [0.717, 1.165) is 0 Å². The monoisotopic (exact) mass is 527 g/mol. The first-order valence-electron chi connectivity index (χ1n) is 15.7. The summed E-state index contributed by atoms with van der Waals surface area (Å²) >= 11 is 0.537. The van der Waals surface area contributed by atoms with E-state index >= 15 is 0 Å². The molecule has 0 bridgehead atoms. The maximum Gasteiger partial charge on any atom is 0.191 e. The molecule has 10 nitrogen and oxygen atoms in total. The van der Waals surface area contributed by atoms with Crippen molar-refractivity contribution in [2.75, 3.05) is 24.2 Å². The number of anilines is 1. The van der Waals surface area contributed by atoms with Crippen LogP contribution in [0.15, 0.2) is 23.4 Å². The van der Waals surface area contributed by atoms with Gasteiger partial charge in [0.2, 0.25) is 0 Å². The van der Waals surface area contributed by atoms with E-state index in [4.69, 9.17) is 17.1 Å². The van der Waals surface area contributed by atoms with Gasteiger partial charge in [-0.2, -0.15) is 0 Å². The highest BCUT2D eigenvalue weighted by Crippen LogP contribution is 2.44. The number of thioether (sulfide) groups is 1. The minimum atomic E-state index is -3.89. The van der Waals surface area contributed by atoms with Gasteiger partial charge in [0.05, 0.1) is 32.2 Å². The predicted molar refractivity (Wildman–Crippen MR) is 133 cm³/mol. The molecule has 4 N–H and O–H groups in total. The number of aliphatic hydroxyl groups excluding tert-OH is 1. The largest absolute Gasteiger partial charge is 0.394 e. The molecule has 1 aromatic carbocycles. The predicted octanol–water partition coefficient (Wildman–Crippen LogP) is 2.18. The van der Waals surface area contributed by atoms with Crippen molar-refractivity contribution in [1.29, 1.82) is 0 Å². The van der Waals surface area contributed by atoms with Crippen LogP contribution in [-0.4, -0.2) is 83.5 Å². The van der Waals surface area contributed by atoms with Crippen molar-refractivity contribution in [2.45, 2.75) is 74.4 Å². The fraction of sp³-hybridized carbons (Fsp3) is 0.583. The third-order valence-corrected chi connectivity index (χ3v) is 6.39. The molecule has 36 heavy (non-hydrogen) atoms. The van der Waals surface area contributed by atoms with Crippen molar-refractivity contribution in [1.82, 2.24) is 25.0 Å². The summed E-state index contributed by atoms with van der Waals surface area (Å²) in [5, 5.41) is 41.5. The Labute approximate surface area is 224 Å². The van der Waals surface area contributed by atoms with Crippen LogP contribution in [0.3, 0.4) is 0 Å². The molecule has 3 aromatic rings. The first-order valence-corrected chi connectivity index (χ1v) is 12.0. The highest BCUT2D eigenvalue weighted by molar-refractivity contribution is 7.99. The van der Waals surface area contributed by atoms with Crippen molar-refractivity contribution >= 4 is 28.7 Å². The fourth-order valence-corrected chi connectivity index (χ4v) is 4.20. The number of halogens is 1. The lowest BCUT2D eigenvalue weighted by Gasteiger charge is -2.17. The summed E-state index contributed by atoms with van der Waals surface area (Å²) in [4.78, 5) is 8.49. The number of rotatable bonds is 10. The zero-order valence-electron chi connectivity index (χ0n) is 28.4. The van der Waals surface area contributed by atoms with Crippen molar-refractivity contribution in [3.8, 4) is 0 Å². The van der Waals surface area contributed by atoms with Gasteiger partial charge in [-0.3, -0.25) is 0 Å². The molecule has 2 saturated carbocycles. The van der Waals surface area contributed by atoms with Crippen LogP contribution in [0.4, 0.5) is 10.2 Å². The molecule has 2 aliphatic carbocycles. The average Bonchev–Trinajstić information content (AvgIpc) is 3.40. The number of ether oxygens (including phenoxy) is 1. The third kappa shape index (κ3) is 4.92. The van der Waals surface area contributed by atoms with Crippen LogP contribution in [0.5, 0.6) is 0 Å². The Morgan fingerprint density at radius 1 is 1.36 bits per heavy atom. The van der Waals surface area contributed by atoms with Gasteiger partial charge in [0.15, 0.2) is 22.1 Å². The zero-order valence-corrected chi connectivity index (χ0v) is 20.2. The van der Waals surface area contributed by atoms with Crippen LogP contribution < -0.4 is 5.32 Å². The SMILES string of the molecule is [2H]C([2H])(CC)Sc1nc(N[C@]2([2H])C[C@H]2c2ccc(C)c(F)c2)c2nnn([C@]3([2H])C([2H])([2H])[C@]([2H])(OCCO)[C@@]([2H])(O)[C@@]3([2H])O)c2n1. The highest BCUT2D eigenvalue weighted by Gasteiger charge is 2.45. The molecule has 2 fully saturated rings. The Bertz CT molecular complexity index is 1650. The number of aryl methyl sites for hydroxylation is 1. The number of benzene rings is 1. The lowest BCUT2D eigenvalue weighted by Crippen LogP contribution is -2.33. The molecule has 0 spiro atoms. The topological polar surface area (TPSA) is 138 Å². The first-order chi connectivity index (χ1) is 20.6. The maximum atomic E-state index is 14.3. The van der Waals surface area contributed by atoms with E-state index in [2.05, 4.69) is 25.6 Å². The van der Waals surface area contributed by atoms with E-state index < -0.39 is 72.9 Å². The highest BCUT2D eigenvalue weighted by atomic mass is 32.2. The molecular weight excluding hydrogens is 487 g/mol. The van der Waals surface area contributed by atoms with E-state index in [0.29, 0.717) is 27.6 Å². The number of fused-ring (bicyclic) bond motifs is 1. The van der Waals surface area contributed by atoms with Crippen LogP contribution in [0.25, 0.3) is 11.2 Å². The van der Waals surface area contributed by atoms with E-state index in [1.165, 1.54) is 6.07 Å². The third-order valence-electron chi connectivity index (χ3n) is 5.59. The van der Waals surface area contributed by atoms with Gasteiger partial charge in [-0.15, -0.1) is 5.10 Å². The van der Waals surface area contributed by atoms with Gasteiger partial charge in [-0.25, -0.2) is 19.0 Å². The van der Waals surface area contributed by atoms with Crippen LogP contribution in [0.2, 0.25) is 0 Å². The van der Waals surface area contributed by atoms with Crippen molar-refractivity contribution in [3.63, 3.8) is 0 Å². The summed E-state index contributed by atoms with van der Waals surface area (Å²) < 4.78 is 96.7. The van der Waals surface area contributed by atoms with E-state index in [9.17, 15) is 19.7 Å². The van der Waals surface area contributed by atoms with Crippen LogP contribution in [0, 0.1) is 12.7 Å². The van der Waals surface area contributed by atoms with Crippen LogP contribution in [-0.2, 0) is 4.74 Å². The minimum absolute atomic E-state index is 0.00435. The Kier molecular flexibility index (Phi) is 4.82. The Hall–Kier alpha value is -2.38. The lowest BCUT2D eigenvalue weighted by molar-refractivity contribution is -0.0629. The summed E-state index contributed by atoms with van der Waals surface area (Å²) in [6.45, 7) is 1.58. The van der Waals surface area contributed by atoms with Crippen molar-refractivity contribution < 1.29 is 36.8 Å². The minimum Gasteiger partial charge on any atom is -0.394 e. The number of nitrogens with zero attached hydrogens (tertiary/aromatic N) is 5. The molecule has 194 valence electrons. The second kappa shape index (κ2) is 10.5. The number of aromatic nitrogens is 5. The van der Waals surface area contributed by atoms with Crippen LogP contribution >= 0.6 is 11.8 Å². The molecule has 0 amide bonds. The van der Waals surface area contributed by atoms with Gasteiger partial charge in [-0.1, -0.05) is 36.0 Å². The number of hydrogen-bond acceptors (Lipinski definition) is 10. The van der Waals surface area contributed by atoms with Gasteiger partial charge in [0.1, 0.15) is 18.0 Å². The molecule has 0 radical (unpaired) electrons. The van der Waals surface area contributed by atoms with E-state index in [1.807, 2.05) is 0 Å². The van der Waals surface area contributed by atoms with Crippen molar-refractivity contribution in [3.05, 3.63) is 35.1 Å². The fourth-order valence-electron chi connectivity index (χ4n) is 3.66. The summed E-state index contributed by atoms with van der Waals surface area (Å²) in [6.07, 6.45) is -14.7. The molecule has 2 heterocycles. The Morgan fingerprint density at radius 2 is 2.19 bits per heavy atom.